The minimum absolute atomic E-state index is 0.122. The van der Waals surface area contributed by atoms with Gasteiger partial charge in [-0.1, -0.05) is 0 Å². The molecule has 1 heterocycles. The molecule has 4 heteroatoms. The first-order valence-electron chi connectivity index (χ1n) is 6.35. The number of rotatable bonds is 4. The SMILES string of the molecule is CCOC(=O)CC1CCN(c2ccc(F)cc2)C1. The summed E-state index contributed by atoms with van der Waals surface area (Å²) < 4.78 is 17.8. The maximum Gasteiger partial charge on any atom is 0.306 e. The van der Waals surface area contributed by atoms with E-state index in [1.54, 1.807) is 12.1 Å². The third-order valence-electron chi connectivity index (χ3n) is 3.24. The van der Waals surface area contributed by atoms with Gasteiger partial charge in [0.1, 0.15) is 5.82 Å². The van der Waals surface area contributed by atoms with Gasteiger partial charge in [0.15, 0.2) is 0 Å². The first-order valence-corrected chi connectivity index (χ1v) is 6.35. The van der Waals surface area contributed by atoms with Crippen LogP contribution in [0.1, 0.15) is 19.8 Å². The summed E-state index contributed by atoms with van der Waals surface area (Å²) >= 11 is 0. The lowest BCUT2D eigenvalue weighted by Crippen LogP contribution is -2.20. The smallest absolute Gasteiger partial charge is 0.306 e. The summed E-state index contributed by atoms with van der Waals surface area (Å²) in [5.74, 6) is -0.00132. The predicted octanol–water partition coefficient (Wildman–Crippen LogP) is 2.61. The molecule has 0 amide bonds. The van der Waals surface area contributed by atoms with Crippen LogP contribution < -0.4 is 4.90 Å². The second-order valence-corrected chi connectivity index (χ2v) is 4.59. The van der Waals surface area contributed by atoms with E-state index >= 15 is 0 Å². The van der Waals surface area contributed by atoms with E-state index in [0.717, 1.165) is 25.2 Å². The summed E-state index contributed by atoms with van der Waals surface area (Å²) in [5.41, 5.74) is 1.02. The van der Waals surface area contributed by atoms with Crippen LogP contribution in [-0.2, 0) is 9.53 Å². The van der Waals surface area contributed by atoms with Crippen molar-refractivity contribution >= 4 is 11.7 Å². The zero-order chi connectivity index (χ0) is 13.0. The van der Waals surface area contributed by atoms with Crippen molar-refractivity contribution in [2.75, 3.05) is 24.6 Å². The van der Waals surface area contributed by atoms with Crippen LogP contribution in [0.3, 0.4) is 0 Å². The third kappa shape index (κ3) is 3.22. The highest BCUT2D eigenvalue weighted by Crippen LogP contribution is 2.26. The van der Waals surface area contributed by atoms with Crippen molar-refractivity contribution in [3.63, 3.8) is 0 Å². The lowest BCUT2D eigenvalue weighted by molar-refractivity contribution is -0.144. The Bertz CT molecular complexity index is 405. The number of hydrogen-bond acceptors (Lipinski definition) is 3. The number of esters is 1. The molecule has 1 fully saturated rings. The highest BCUT2D eigenvalue weighted by Gasteiger charge is 2.25. The molecule has 0 bridgehead atoms. The molecule has 0 spiro atoms. The molecule has 1 aromatic carbocycles. The van der Waals surface area contributed by atoms with Gasteiger partial charge < -0.3 is 9.64 Å². The van der Waals surface area contributed by atoms with Gasteiger partial charge in [-0.05, 0) is 43.5 Å². The van der Waals surface area contributed by atoms with E-state index in [0.29, 0.717) is 18.9 Å². The Hall–Kier alpha value is -1.58. The number of anilines is 1. The average molecular weight is 251 g/mol. The molecule has 1 saturated heterocycles. The number of hydrogen-bond donors (Lipinski definition) is 0. The molecule has 2 rings (SSSR count). The summed E-state index contributed by atoms with van der Waals surface area (Å²) in [7, 11) is 0. The number of benzene rings is 1. The van der Waals surface area contributed by atoms with Crippen molar-refractivity contribution in [3.8, 4) is 0 Å². The normalized spacial score (nSPS) is 19.0. The van der Waals surface area contributed by atoms with Gasteiger partial charge in [0.2, 0.25) is 0 Å². The summed E-state index contributed by atoms with van der Waals surface area (Å²) in [6.07, 6.45) is 1.46. The van der Waals surface area contributed by atoms with Crippen molar-refractivity contribution < 1.29 is 13.9 Å². The second-order valence-electron chi connectivity index (χ2n) is 4.59. The summed E-state index contributed by atoms with van der Waals surface area (Å²) in [6, 6.07) is 6.49. The first-order chi connectivity index (χ1) is 8.69. The molecule has 18 heavy (non-hydrogen) atoms. The van der Waals surface area contributed by atoms with E-state index in [2.05, 4.69) is 4.90 Å². The second kappa shape index (κ2) is 5.85. The van der Waals surface area contributed by atoms with Crippen molar-refractivity contribution in [1.82, 2.24) is 0 Å². The van der Waals surface area contributed by atoms with Gasteiger partial charge in [0.05, 0.1) is 13.0 Å². The van der Waals surface area contributed by atoms with Gasteiger partial charge in [0, 0.05) is 18.8 Å². The van der Waals surface area contributed by atoms with E-state index in [4.69, 9.17) is 4.74 Å². The Morgan fingerprint density at radius 2 is 2.17 bits per heavy atom. The predicted molar refractivity (Wildman–Crippen MR) is 68.0 cm³/mol. The average Bonchev–Trinajstić information content (AvgIpc) is 2.78. The minimum Gasteiger partial charge on any atom is -0.466 e. The molecule has 1 aliphatic rings. The largest absolute Gasteiger partial charge is 0.466 e. The van der Waals surface area contributed by atoms with Crippen LogP contribution >= 0.6 is 0 Å². The van der Waals surface area contributed by atoms with Gasteiger partial charge in [-0.25, -0.2) is 4.39 Å². The molecule has 3 nitrogen and oxygen atoms in total. The fourth-order valence-corrected chi connectivity index (χ4v) is 2.34. The molecular weight excluding hydrogens is 233 g/mol. The maximum atomic E-state index is 12.8. The number of nitrogens with zero attached hydrogens (tertiary/aromatic N) is 1. The molecule has 0 saturated carbocycles. The number of carbonyl (C=O) groups excluding carboxylic acids is 1. The minimum atomic E-state index is -0.221. The van der Waals surface area contributed by atoms with Crippen molar-refractivity contribution in [1.29, 1.82) is 0 Å². The molecule has 1 unspecified atom stereocenters. The standard InChI is InChI=1S/C14H18FNO2/c1-2-18-14(17)9-11-7-8-16(10-11)13-5-3-12(15)4-6-13/h3-6,11H,2,7-10H2,1H3. The molecule has 0 N–H and O–H groups in total. The Balaban J connectivity index is 1.88. The van der Waals surface area contributed by atoms with Crippen LogP contribution in [0.5, 0.6) is 0 Å². The zero-order valence-corrected chi connectivity index (χ0v) is 10.6. The fraction of sp³-hybridized carbons (Fsp3) is 0.500. The quantitative estimate of drug-likeness (QED) is 0.770. The first kappa shape index (κ1) is 12.9. The highest BCUT2D eigenvalue weighted by atomic mass is 19.1. The van der Waals surface area contributed by atoms with Crippen molar-refractivity contribution in [3.05, 3.63) is 30.1 Å². The van der Waals surface area contributed by atoms with Crippen LogP contribution in [0.2, 0.25) is 0 Å². The van der Waals surface area contributed by atoms with Crippen LogP contribution in [0, 0.1) is 11.7 Å². The highest BCUT2D eigenvalue weighted by molar-refractivity contribution is 5.69. The van der Waals surface area contributed by atoms with Crippen molar-refractivity contribution in [2.24, 2.45) is 5.92 Å². The Kier molecular flexibility index (Phi) is 4.18. The zero-order valence-electron chi connectivity index (χ0n) is 10.6. The molecular formula is C14H18FNO2. The van der Waals surface area contributed by atoms with Gasteiger partial charge in [-0.15, -0.1) is 0 Å². The van der Waals surface area contributed by atoms with Gasteiger partial charge >= 0.3 is 5.97 Å². The van der Waals surface area contributed by atoms with Gasteiger partial charge in [-0.3, -0.25) is 4.79 Å². The van der Waals surface area contributed by atoms with Crippen LogP contribution in [0.4, 0.5) is 10.1 Å². The topological polar surface area (TPSA) is 29.5 Å². The Morgan fingerprint density at radius 1 is 1.44 bits per heavy atom. The van der Waals surface area contributed by atoms with E-state index in [9.17, 15) is 9.18 Å². The van der Waals surface area contributed by atoms with Crippen LogP contribution in [0.25, 0.3) is 0 Å². The number of halogens is 1. The summed E-state index contributed by atoms with van der Waals surface area (Å²) in [5, 5.41) is 0. The summed E-state index contributed by atoms with van der Waals surface area (Å²) in [6.45, 7) is 4.00. The van der Waals surface area contributed by atoms with Crippen molar-refractivity contribution in [2.45, 2.75) is 19.8 Å². The van der Waals surface area contributed by atoms with Crippen LogP contribution in [0.15, 0.2) is 24.3 Å². The Labute approximate surface area is 107 Å². The lowest BCUT2D eigenvalue weighted by atomic mass is 10.1. The molecule has 0 aromatic heterocycles. The van der Waals surface area contributed by atoms with E-state index < -0.39 is 0 Å². The number of ether oxygens (including phenoxy) is 1. The molecule has 98 valence electrons. The van der Waals surface area contributed by atoms with Gasteiger partial charge in [0.25, 0.3) is 0 Å². The molecule has 1 atom stereocenters. The monoisotopic (exact) mass is 251 g/mol. The summed E-state index contributed by atoms with van der Waals surface area (Å²) in [4.78, 5) is 13.6. The molecule has 1 aliphatic heterocycles. The Morgan fingerprint density at radius 3 is 2.83 bits per heavy atom. The fourth-order valence-electron chi connectivity index (χ4n) is 2.34. The number of carbonyl (C=O) groups is 1. The molecule has 0 aliphatic carbocycles. The molecule has 0 radical (unpaired) electrons. The van der Waals surface area contributed by atoms with E-state index in [1.807, 2.05) is 6.92 Å². The third-order valence-corrected chi connectivity index (χ3v) is 3.24. The van der Waals surface area contributed by atoms with Gasteiger partial charge in [-0.2, -0.15) is 0 Å². The van der Waals surface area contributed by atoms with E-state index in [1.165, 1.54) is 12.1 Å². The molecule has 1 aromatic rings. The van der Waals surface area contributed by atoms with E-state index in [-0.39, 0.29) is 11.8 Å². The maximum absolute atomic E-state index is 12.8. The van der Waals surface area contributed by atoms with Crippen LogP contribution in [-0.4, -0.2) is 25.7 Å². The lowest BCUT2D eigenvalue weighted by Gasteiger charge is -2.18.